The first-order valence-electron chi connectivity index (χ1n) is 12.6. The van der Waals surface area contributed by atoms with E-state index in [2.05, 4.69) is 6.92 Å². The van der Waals surface area contributed by atoms with E-state index >= 15 is 0 Å². The summed E-state index contributed by atoms with van der Waals surface area (Å²) in [5, 5.41) is 8.88. The van der Waals surface area contributed by atoms with Crippen molar-refractivity contribution in [3.8, 4) is 0 Å². The van der Waals surface area contributed by atoms with E-state index < -0.39 is 5.97 Å². The Kier molecular flexibility index (Phi) is 17.4. The molecule has 0 saturated heterocycles. The van der Waals surface area contributed by atoms with Crippen molar-refractivity contribution in [3.63, 3.8) is 0 Å². The molecule has 5 heteroatoms. The molecule has 0 fully saturated rings. The molecule has 0 aliphatic carbocycles. The first kappa shape index (κ1) is 28.2. The van der Waals surface area contributed by atoms with Crippen LogP contribution in [0.15, 0.2) is 30.3 Å². The standard InChI is InChI=1S/C27H44O5/c1-2-3-4-5-6-7-8-9-10-11-15-19-25(20-16-21-26(28)29)32-27(30)23-31-22-24-17-13-12-14-18-24/h12-14,17-18,25H,2-11,15-16,19-23H2,1H3,(H,28,29). The number of carboxylic acid groups (broad SMARTS) is 1. The molecule has 0 bridgehead atoms. The Hall–Kier alpha value is -1.88. The van der Waals surface area contributed by atoms with Crippen LogP contribution in [0.25, 0.3) is 0 Å². The van der Waals surface area contributed by atoms with E-state index in [9.17, 15) is 9.59 Å². The average Bonchev–Trinajstić information content (AvgIpc) is 2.77. The van der Waals surface area contributed by atoms with E-state index in [4.69, 9.17) is 14.6 Å². The van der Waals surface area contributed by atoms with Gasteiger partial charge in [-0.2, -0.15) is 0 Å². The third kappa shape index (κ3) is 16.8. The topological polar surface area (TPSA) is 72.8 Å². The summed E-state index contributed by atoms with van der Waals surface area (Å²) in [6, 6.07) is 9.71. The number of hydrogen-bond donors (Lipinski definition) is 1. The van der Waals surface area contributed by atoms with Crippen molar-refractivity contribution >= 4 is 11.9 Å². The molecule has 0 aromatic heterocycles. The number of carbonyl (C=O) groups excluding carboxylic acids is 1. The summed E-state index contributed by atoms with van der Waals surface area (Å²) in [4.78, 5) is 23.0. The van der Waals surface area contributed by atoms with E-state index in [1.165, 1.54) is 57.8 Å². The minimum absolute atomic E-state index is 0.0808. The number of benzene rings is 1. The Morgan fingerprint density at radius 1 is 0.812 bits per heavy atom. The second-order valence-corrected chi connectivity index (χ2v) is 8.70. The fraction of sp³-hybridized carbons (Fsp3) is 0.704. The molecule has 0 aliphatic rings. The van der Waals surface area contributed by atoms with Crippen molar-refractivity contribution < 1.29 is 24.2 Å². The Bertz CT molecular complexity index is 587. The predicted octanol–water partition coefficient (Wildman–Crippen LogP) is 7.07. The maximum Gasteiger partial charge on any atom is 0.332 e. The summed E-state index contributed by atoms with van der Waals surface area (Å²) in [5.74, 6) is -1.18. The van der Waals surface area contributed by atoms with Crippen LogP contribution in [0.5, 0.6) is 0 Å². The molecule has 32 heavy (non-hydrogen) atoms. The zero-order chi connectivity index (χ0) is 23.3. The quantitative estimate of drug-likeness (QED) is 0.161. The first-order chi connectivity index (χ1) is 15.6. The third-order valence-electron chi connectivity index (χ3n) is 5.68. The Labute approximate surface area is 194 Å². The van der Waals surface area contributed by atoms with E-state index in [-0.39, 0.29) is 25.1 Å². The van der Waals surface area contributed by atoms with Gasteiger partial charge in [-0.1, -0.05) is 101 Å². The lowest BCUT2D eigenvalue weighted by Gasteiger charge is -2.18. The van der Waals surface area contributed by atoms with Crippen LogP contribution in [0.3, 0.4) is 0 Å². The van der Waals surface area contributed by atoms with Gasteiger partial charge < -0.3 is 14.6 Å². The minimum Gasteiger partial charge on any atom is -0.481 e. The minimum atomic E-state index is -0.809. The summed E-state index contributed by atoms with van der Waals surface area (Å²) < 4.78 is 11.1. The van der Waals surface area contributed by atoms with E-state index in [1.54, 1.807) is 0 Å². The molecule has 0 heterocycles. The molecule has 1 rings (SSSR count). The first-order valence-corrected chi connectivity index (χ1v) is 12.6. The third-order valence-corrected chi connectivity index (χ3v) is 5.68. The van der Waals surface area contributed by atoms with Gasteiger partial charge in [-0.25, -0.2) is 4.79 Å². The number of hydrogen-bond acceptors (Lipinski definition) is 4. The van der Waals surface area contributed by atoms with Gasteiger partial charge in [-0.05, 0) is 31.2 Å². The van der Waals surface area contributed by atoms with E-state index in [0.29, 0.717) is 19.4 Å². The molecule has 0 amide bonds. The lowest BCUT2D eigenvalue weighted by Crippen LogP contribution is -2.22. The summed E-state index contributed by atoms with van der Waals surface area (Å²) in [7, 11) is 0. The van der Waals surface area contributed by atoms with Gasteiger partial charge in [0, 0.05) is 6.42 Å². The second kappa shape index (κ2) is 19.8. The maximum atomic E-state index is 12.2. The van der Waals surface area contributed by atoms with Crippen molar-refractivity contribution in [1.82, 2.24) is 0 Å². The summed E-state index contributed by atoms with van der Waals surface area (Å²) in [6.45, 7) is 2.54. The van der Waals surface area contributed by atoms with Crippen molar-refractivity contribution in [3.05, 3.63) is 35.9 Å². The van der Waals surface area contributed by atoms with Gasteiger partial charge in [-0.3, -0.25) is 4.79 Å². The van der Waals surface area contributed by atoms with Crippen LogP contribution in [0.2, 0.25) is 0 Å². The molecule has 1 aromatic rings. The lowest BCUT2D eigenvalue weighted by atomic mass is 10.0. The van der Waals surface area contributed by atoms with Gasteiger partial charge in [-0.15, -0.1) is 0 Å². The number of ether oxygens (including phenoxy) is 2. The fourth-order valence-corrected chi connectivity index (χ4v) is 3.83. The molecule has 1 unspecified atom stereocenters. The zero-order valence-corrected chi connectivity index (χ0v) is 20.1. The van der Waals surface area contributed by atoms with Crippen LogP contribution < -0.4 is 0 Å². The SMILES string of the molecule is CCCCCCCCCCCCCC(CCCC(=O)O)OC(=O)COCc1ccccc1. The molecule has 1 atom stereocenters. The molecule has 0 aliphatic heterocycles. The fourth-order valence-electron chi connectivity index (χ4n) is 3.83. The van der Waals surface area contributed by atoms with Crippen LogP contribution in [-0.4, -0.2) is 29.8 Å². The maximum absolute atomic E-state index is 12.2. The average molecular weight is 449 g/mol. The molecule has 0 saturated carbocycles. The van der Waals surface area contributed by atoms with Crippen LogP contribution in [0.1, 0.15) is 109 Å². The normalized spacial score (nSPS) is 11.9. The van der Waals surface area contributed by atoms with Gasteiger partial charge in [0.2, 0.25) is 0 Å². The van der Waals surface area contributed by atoms with Gasteiger partial charge in [0.1, 0.15) is 12.7 Å². The highest BCUT2D eigenvalue weighted by Gasteiger charge is 2.15. The largest absolute Gasteiger partial charge is 0.481 e. The summed E-state index contributed by atoms with van der Waals surface area (Å²) in [6.07, 6.45) is 15.8. The summed E-state index contributed by atoms with van der Waals surface area (Å²) in [5.41, 5.74) is 1.01. The highest BCUT2D eigenvalue weighted by atomic mass is 16.6. The van der Waals surface area contributed by atoms with Crippen LogP contribution in [0, 0.1) is 0 Å². The number of unbranched alkanes of at least 4 members (excludes halogenated alkanes) is 10. The van der Waals surface area contributed by atoms with Crippen molar-refractivity contribution in [2.45, 2.75) is 116 Å². The second-order valence-electron chi connectivity index (χ2n) is 8.70. The molecular weight excluding hydrogens is 404 g/mol. The van der Waals surface area contributed by atoms with Crippen molar-refractivity contribution in [1.29, 1.82) is 0 Å². The molecule has 0 spiro atoms. The predicted molar refractivity (Wildman–Crippen MR) is 129 cm³/mol. The lowest BCUT2D eigenvalue weighted by molar-refractivity contribution is -0.155. The summed E-state index contributed by atoms with van der Waals surface area (Å²) >= 11 is 0. The van der Waals surface area contributed by atoms with Crippen LogP contribution >= 0.6 is 0 Å². The van der Waals surface area contributed by atoms with Gasteiger partial charge in [0.25, 0.3) is 0 Å². The Balaban J connectivity index is 2.18. The van der Waals surface area contributed by atoms with Gasteiger partial charge in [0.05, 0.1) is 6.61 Å². The van der Waals surface area contributed by atoms with Crippen LogP contribution in [-0.2, 0) is 25.7 Å². The molecular formula is C27H44O5. The molecule has 182 valence electrons. The number of rotatable bonds is 21. The number of aliphatic carboxylic acids is 1. The number of carboxylic acids is 1. The Morgan fingerprint density at radius 3 is 1.97 bits per heavy atom. The number of esters is 1. The molecule has 0 radical (unpaired) electrons. The van der Waals surface area contributed by atoms with E-state index in [1.807, 2.05) is 30.3 Å². The van der Waals surface area contributed by atoms with E-state index in [0.717, 1.165) is 24.8 Å². The zero-order valence-electron chi connectivity index (χ0n) is 20.1. The highest BCUT2D eigenvalue weighted by molar-refractivity contribution is 5.71. The van der Waals surface area contributed by atoms with Gasteiger partial charge >= 0.3 is 11.9 Å². The molecule has 1 N–H and O–H groups in total. The number of carbonyl (C=O) groups is 2. The molecule has 1 aromatic carbocycles. The van der Waals surface area contributed by atoms with Crippen molar-refractivity contribution in [2.75, 3.05) is 6.61 Å². The van der Waals surface area contributed by atoms with Gasteiger partial charge in [0.15, 0.2) is 0 Å². The van der Waals surface area contributed by atoms with Crippen molar-refractivity contribution in [2.24, 2.45) is 0 Å². The monoisotopic (exact) mass is 448 g/mol. The van der Waals surface area contributed by atoms with Crippen LogP contribution in [0.4, 0.5) is 0 Å². The molecule has 5 nitrogen and oxygen atoms in total. The highest BCUT2D eigenvalue weighted by Crippen LogP contribution is 2.16. The smallest absolute Gasteiger partial charge is 0.332 e. The Morgan fingerprint density at radius 2 is 1.38 bits per heavy atom.